The molecule has 0 aromatic heterocycles. The van der Waals surface area contributed by atoms with Gasteiger partial charge in [-0.3, -0.25) is 4.79 Å². The molecule has 1 aromatic carbocycles. The molecule has 0 fully saturated rings. The van der Waals surface area contributed by atoms with E-state index in [2.05, 4.69) is 34.6 Å². The fourth-order valence-electron chi connectivity index (χ4n) is 2.02. The third kappa shape index (κ3) is 6.57. The first kappa shape index (κ1) is 16.5. The van der Waals surface area contributed by atoms with Crippen molar-refractivity contribution in [2.75, 3.05) is 39.0 Å². The minimum atomic E-state index is 0.116. The zero-order chi connectivity index (χ0) is 14.8. The molecular weight excluding hydrogens is 250 g/mol. The molecule has 4 heteroatoms. The van der Waals surface area contributed by atoms with Gasteiger partial charge in [0.1, 0.15) is 0 Å². The summed E-state index contributed by atoms with van der Waals surface area (Å²) in [7, 11) is 4.08. The van der Waals surface area contributed by atoms with Crippen LogP contribution in [0.3, 0.4) is 0 Å². The Morgan fingerprint density at radius 2 is 1.95 bits per heavy atom. The van der Waals surface area contributed by atoms with Crippen LogP contribution in [0.4, 0.5) is 5.69 Å². The van der Waals surface area contributed by atoms with Crippen molar-refractivity contribution in [3.8, 4) is 0 Å². The number of nitrogens with one attached hydrogen (secondary N) is 2. The molecular formula is C16H27N3O. The first-order chi connectivity index (χ1) is 9.63. The molecule has 1 amide bonds. The first-order valence-electron chi connectivity index (χ1n) is 7.36. The lowest BCUT2D eigenvalue weighted by Gasteiger charge is -2.12. The van der Waals surface area contributed by atoms with Gasteiger partial charge in [0.25, 0.3) is 0 Å². The van der Waals surface area contributed by atoms with Gasteiger partial charge in [-0.1, -0.05) is 25.1 Å². The number of aryl methyl sites for hydroxylation is 1. The third-order valence-corrected chi connectivity index (χ3v) is 3.17. The Morgan fingerprint density at radius 3 is 2.65 bits per heavy atom. The van der Waals surface area contributed by atoms with Gasteiger partial charge >= 0.3 is 0 Å². The zero-order valence-electron chi connectivity index (χ0n) is 12.9. The van der Waals surface area contributed by atoms with Crippen LogP contribution in [0, 0.1) is 0 Å². The first-order valence-corrected chi connectivity index (χ1v) is 7.36. The number of carbonyl (C=O) groups excluding carboxylic acids is 1. The van der Waals surface area contributed by atoms with Crippen LogP contribution in [0.5, 0.6) is 0 Å². The molecule has 0 aliphatic rings. The van der Waals surface area contributed by atoms with Gasteiger partial charge in [-0.25, -0.2) is 0 Å². The second-order valence-electron chi connectivity index (χ2n) is 5.19. The van der Waals surface area contributed by atoms with Gasteiger partial charge in [0.15, 0.2) is 0 Å². The standard InChI is InChI=1S/C16H27N3O/c1-4-14-8-5-6-9-15(14)17-12-10-16(20)18-11-7-13-19(2)3/h5-6,8-9,17H,4,7,10-13H2,1-3H3,(H,18,20). The van der Waals surface area contributed by atoms with Crippen molar-refractivity contribution in [2.45, 2.75) is 26.2 Å². The number of benzene rings is 1. The van der Waals surface area contributed by atoms with Crippen molar-refractivity contribution in [3.05, 3.63) is 29.8 Å². The highest BCUT2D eigenvalue weighted by Gasteiger charge is 2.02. The molecule has 0 aliphatic carbocycles. The molecule has 0 saturated heterocycles. The maximum Gasteiger partial charge on any atom is 0.221 e. The van der Waals surface area contributed by atoms with Crippen LogP contribution < -0.4 is 10.6 Å². The largest absolute Gasteiger partial charge is 0.384 e. The summed E-state index contributed by atoms with van der Waals surface area (Å²) in [6.45, 7) is 4.57. The van der Waals surface area contributed by atoms with Crippen molar-refractivity contribution in [2.24, 2.45) is 0 Å². The number of hydrogen-bond donors (Lipinski definition) is 2. The minimum Gasteiger partial charge on any atom is -0.384 e. The summed E-state index contributed by atoms with van der Waals surface area (Å²) in [6.07, 6.45) is 2.50. The summed E-state index contributed by atoms with van der Waals surface area (Å²) in [5.41, 5.74) is 2.43. The molecule has 0 heterocycles. The molecule has 0 spiro atoms. The monoisotopic (exact) mass is 277 g/mol. The number of rotatable bonds is 9. The van der Waals surface area contributed by atoms with Crippen LogP contribution in [0.2, 0.25) is 0 Å². The SMILES string of the molecule is CCc1ccccc1NCCC(=O)NCCCN(C)C. The highest BCUT2D eigenvalue weighted by molar-refractivity contribution is 5.76. The number of anilines is 1. The van der Waals surface area contributed by atoms with E-state index in [1.54, 1.807) is 0 Å². The average Bonchev–Trinajstić information content (AvgIpc) is 2.44. The molecule has 112 valence electrons. The van der Waals surface area contributed by atoms with E-state index in [1.165, 1.54) is 5.56 Å². The highest BCUT2D eigenvalue weighted by atomic mass is 16.1. The summed E-state index contributed by atoms with van der Waals surface area (Å²) < 4.78 is 0. The van der Waals surface area contributed by atoms with Crippen molar-refractivity contribution in [3.63, 3.8) is 0 Å². The molecule has 0 unspecified atom stereocenters. The molecule has 0 radical (unpaired) electrons. The second-order valence-corrected chi connectivity index (χ2v) is 5.19. The number of nitrogens with zero attached hydrogens (tertiary/aromatic N) is 1. The Morgan fingerprint density at radius 1 is 1.20 bits per heavy atom. The van der Waals surface area contributed by atoms with Crippen molar-refractivity contribution < 1.29 is 4.79 Å². The third-order valence-electron chi connectivity index (χ3n) is 3.17. The van der Waals surface area contributed by atoms with Gasteiger partial charge in [0.2, 0.25) is 5.91 Å². The van der Waals surface area contributed by atoms with Crippen LogP contribution in [0.15, 0.2) is 24.3 Å². The Hall–Kier alpha value is -1.55. The topological polar surface area (TPSA) is 44.4 Å². The van der Waals surface area contributed by atoms with Crippen molar-refractivity contribution in [1.82, 2.24) is 10.2 Å². The van der Waals surface area contributed by atoms with Gasteiger partial charge in [0, 0.05) is 25.2 Å². The predicted molar refractivity (Wildman–Crippen MR) is 85.1 cm³/mol. The van der Waals surface area contributed by atoms with Crippen LogP contribution in [0.25, 0.3) is 0 Å². The number of para-hydroxylation sites is 1. The normalized spacial score (nSPS) is 10.6. The molecule has 20 heavy (non-hydrogen) atoms. The van der Waals surface area contributed by atoms with E-state index in [9.17, 15) is 4.79 Å². The van der Waals surface area contributed by atoms with Gasteiger partial charge in [-0.2, -0.15) is 0 Å². The summed E-state index contributed by atoms with van der Waals surface area (Å²) in [5, 5.41) is 6.28. The quantitative estimate of drug-likeness (QED) is 0.680. The second kappa shape index (κ2) is 9.37. The lowest BCUT2D eigenvalue weighted by atomic mass is 10.1. The summed E-state index contributed by atoms with van der Waals surface area (Å²) in [5.74, 6) is 0.116. The molecule has 2 N–H and O–H groups in total. The van der Waals surface area contributed by atoms with Crippen LogP contribution in [-0.4, -0.2) is 44.5 Å². The van der Waals surface area contributed by atoms with E-state index in [1.807, 2.05) is 26.2 Å². The van der Waals surface area contributed by atoms with E-state index in [-0.39, 0.29) is 5.91 Å². The Kier molecular flexibility index (Phi) is 7.73. The van der Waals surface area contributed by atoms with E-state index in [0.29, 0.717) is 13.0 Å². The Bertz CT molecular complexity index is 404. The van der Waals surface area contributed by atoms with E-state index in [0.717, 1.165) is 31.6 Å². The van der Waals surface area contributed by atoms with Crippen molar-refractivity contribution in [1.29, 1.82) is 0 Å². The van der Waals surface area contributed by atoms with Crippen LogP contribution in [0.1, 0.15) is 25.3 Å². The van der Waals surface area contributed by atoms with Crippen LogP contribution in [-0.2, 0) is 11.2 Å². The molecule has 4 nitrogen and oxygen atoms in total. The van der Waals surface area contributed by atoms with Crippen molar-refractivity contribution >= 4 is 11.6 Å². The summed E-state index contributed by atoms with van der Waals surface area (Å²) >= 11 is 0. The van der Waals surface area contributed by atoms with Crippen LogP contribution >= 0.6 is 0 Å². The van der Waals surface area contributed by atoms with Gasteiger partial charge in [-0.05, 0) is 45.1 Å². The molecule has 0 saturated carbocycles. The Labute approximate surface area is 122 Å². The fourth-order valence-corrected chi connectivity index (χ4v) is 2.02. The van der Waals surface area contributed by atoms with E-state index in [4.69, 9.17) is 0 Å². The van der Waals surface area contributed by atoms with Gasteiger partial charge < -0.3 is 15.5 Å². The lowest BCUT2D eigenvalue weighted by molar-refractivity contribution is -0.120. The minimum absolute atomic E-state index is 0.116. The molecule has 0 bridgehead atoms. The number of carbonyl (C=O) groups is 1. The average molecular weight is 277 g/mol. The van der Waals surface area contributed by atoms with Gasteiger partial charge in [0.05, 0.1) is 0 Å². The summed E-state index contributed by atoms with van der Waals surface area (Å²) in [6, 6.07) is 8.24. The van der Waals surface area contributed by atoms with Gasteiger partial charge in [-0.15, -0.1) is 0 Å². The van der Waals surface area contributed by atoms with E-state index < -0.39 is 0 Å². The molecule has 0 aliphatic heterocycles. The zero-order valence-corrected chi connectivity index (χ0v) is 12.9. The molecule has 1 aromatic rings. The maximum absolute atomic E-state index is 11.7. The Balaban J connectivity index is 2.18. The smallest absolute Gasteiger partial charge is 0.221 e. The highest BCUT2D eigenvalue weighted by Crippen LogP contribution is 2.14. The molecule has 0 atom stereocenters. The summed E-state index contributed by atoms with van der Waals surface area (Å²) in [4.78, 5) is 13.8. The lowest BCUT2D eigenvalue weighted by Crippen LogP contribution is -2.28. The molecule has 1 rings (SSSR count). The number of hydrogen-bond acceptors (Lipinski definition) is 3. The number of amides is 1. The fraction of sp³-hybridized carbons (Fsp3) is 0.562. The van der Waals surface area contributed by atoms with E-state index >= 15 is 0 Å². The predicted octanol–water partition coefficient (Wildman–Crippen LogP) is 2.12. The maximum atomic E-state index is 11.7.